The van der Waals surface area contributed by atoms with Crippen LogP contribution in [-0.4, -0.2) is 9.52 Å². The minimum absolute atomic E-state index is 0.484. The van der Waals surface area contributed by atoms with Gasteiger partial charge in [0.2, 0.25) is 0 Å². The van der Waals surface area contributed by atoms with Gasteiger partial charge in [-0.05, 0) is 0 Å². The predicted octanol–water partition coefficient (Wildman–Crippen LogP) is 13.1. The number of allylic oxidation sites excluding steroid dienone is 2. The van der Waals surface area contributed by atoms with Gasteiger partial charge >= 0.3 is 374 Å². The van der Waals surface area contributed by atoms with E-state index in [0.717, 1.165) is 25.7 Å². The van der Waals surface area contributed by atoms with Crippen LogP contribution >= 0.6 is 0 Å². The summed E-state index contributed by atoms with van der Waals surface area (Å²) in [6.45, 7) is 19.2. The third-order valence-corrected chi connectivity index (χ3v) is 29.9. The van der Waals surface area contributed by atoms with Gasteiger partial charge in [0, 0.05) is 0 Å². The van der Waals surface area contributed by atoms with Gasteiger partial charge in [0.05, 0.1) is 0 Å². The average molecular weight is 967 g/mol. The van der Waals surface area contributed by atoms with E-state index in [-0.39, 0.29) is 0 Å². The maximum absolute atomic E-state index is 3.18. The van der Waals surface area contributed by atoms with Gasteiger partial charge < -0.3 is 0 Å². The van der Waals surface area contributed by atoms with Gasteiger partial charge in [-0.25, -0.2) is 0 Å². The van der Waals surface area contributed by atoms with E-state index in [4.69, 9.17) is 0 Å². The Balaban J connectivity index is 1.31. The summed E-state index contributed by atoms with van der Waals surface area (Å²) in [5.74, 6) is 2.38. The fraction of sp³-hybridized carbons (Fsp3) is 0.310. The molecule has 0 bridgehead atoms. The van der Waals surface area contributed by atoms with Gasteiger partial charge in [0.15, 0.2) is 0 Å². The molecule has 2 heteroatoms. The van der Waals surface area contributed by atoms with Crippen molar-refractivity contribution in [2.24, 2.45) is 23.7 Å². The number of hydrogen-bond acceptors (Lipinski definition) is 0. The summed E-state index contributed by atoms with van der Waals surface area (Å²) in [5.41, 5.74) is 21.4. The Hall–Kier alpha value is -4.11. The molecule has 9 rings (SSSR count). The molecule has 2 aliphatic carbocycles. The summed E-state index contributed by atoms with van der Waals surface area (Å²) in [4.78, 5) is 0. The topological polar surface area (TPSA) is 0 Å². The third kappa shape index (κ3) is 7.81. The SMILES string of the molecule is CC(C)CC1=Cc2c(-c3ccccc3CC(C)C)cccc2[CH]1[Hf]([c]1cccc2c1[SiH2]c1ccccc1-2)[CH]1C(CC(C)C)=Cc2c(-c3ccccc3CC(C)C)cccc21. The van der Waals surface area contributed by atoms with Crippen molar-refractivity contribution in [2.45, 2.75) is 88.4 Å². The second-order valence-electron chi connectivity index (χ2n) is 19.7. The van der Waals surface area contributed by atoms with Crippen LogP contribution in [0.15, 0.2) is 139 Å². The molecule has 0 spiro atoms. The van der Waals surface area contributed by atoms with Crippen molar-refractivity contribution in [3.05, 3.63) is 172 Å². The summed E-state index contributed by atoms with van der Waals surface area (Å²) >= 11 is -3.18. The second kappa shape index (κ2) is 17.3. The van der Waals surface area contributed by atoms with E-state index in [1.807, 2.05) is 3.32 Å². The van der Waals surface area contributed by atoms with Crippen LogP contribution in [0.25, 0.3) is 45.5 Å². The molecule has 2 atom stereocenters. The zero-order valence-corrected chi connectivity index (χ0v) is 42.3. The molecule has 3 aliphatic rings. The quantitative estimate of drug-likeness (QED) is 0.101. The molecule has 2 unspecified atom stereocenters. The van der Waals surface area contributed by atoms with Crippen LogP contribution in [0.3, 0.4) is 0 Å². The number of rotatable bonds is 13. The Morgan fingerprint density at radius 2 is 0.833 bits per heavy atom. The Morgan fingerprint density at radius 1 is 0.417 bits per heavy atom. The van der Waals surface area contributed by atoms with Gasteiger partial charge in [-0.1, -0.05) is 0 Å². The fourth-order valence-electron chi connectivity index (χ4n) is 11.1. The minimum atomic E-state index is -3.18. The first-order valence-electron chi connectivity index (χ1n) is 23.0. The first-order valence-corrected chi connectivity index (χ1v) is 30.3. The number of benzene rings is 6. The standard InChI is InChI=1S/2C23H27.C12H9Si.Hf/c2*1-16(2)12-18-14-20-9-7-11-22(23(20)15-18)21-10-6-5-8-19(21)13-17(3)4;1-3-7-11-9(5-1)10-6-2-4-8-12(10)13-11;/h2*5-11,14-17H,12-13H2,1-4H3;1-7H,13H2;. The molecule has 303 valence electrons. The molecule has 60 heavy (non-hydrogen) atoms. The van der Waals surface area contributed by atoms with Crippen molar-refractivity contribution in [1.29, 1.82) is 0 Å². The van der Waals surface area contributed by atoms with E-state index in [9.17, 15) is 0 Å². The first-order chi connectivity index (χ1) is 29.1. The molecule has 6 aromatic rings. The monoisotopic (exact) mass is 967 g/mol. The van der Waals surface area contributed by atoms with Gasteiger partial charge in [-0.3, -0.25) is 0 Å². The normalized spacial score (nSPS) is 16.7. The molecule has 1 heterocycles. The van der Waals surface area contributed by atoms with Crippen molar-refractivity contribution in [2.75, 3.05) is 0 Å². The predicted molar refractivity (Wildman–Crippen MR) is 261 cm³/mol. The van der Waals surface area contributed by atoms with Crippen LogP contribution in [0.4, 0.5) is 0 Å². The molecule has 0 nitrogen and oxygen atoms in total. The van der Waals surface area contributed by atoms with Crippen molar-refractivity contribution in [3.8, 4) is 33.4 Å². The Bertz CT molecular complexity index is 2480. The molecule has 0 aromatic heterocycles. The van der Waals surface area contributed by atoms with E-state index >= 15 is 0 Å². The molecular weight excluding hydrogens is 903 g/mol. The van der Waals surface area contributed by atoms with Crippen LogP contribution in [0.2, 0.25) is 0 Å². The van der Waals surface area contributed by atoms with Crippen molar-refractivity contribution >= 4 is 35.4 Å². The van der Waals surface area contributed by atoms with E-state index < -0.39 is 31.0 Å². The molecule has 6 aromatic carbocycles. The summed E-state index contributed by atoms with van der Waals surface area (Å²) in [5, 5.41) is 3.40. The van der Waals surface area contributed by atoms with Gasteiger partial charge in [-0.15, -0.1) is 0 Å². The molecule has 0 amide bonds. The van der Waals surface area contributed by atoms with Gasteiger partial charge in [0.25, 0.3) is 0 Å². The Kier molecular flexibility index (Phi) is 11.9. The molecule has 0 radical (unpaired) electrons. The van der Waals surface area contributed by atoms with Crippen LogP contribution in [0.1, 0.15) is 109 Å². The fourth-order valence-corrected chi connectivity index (χ4v) is 30.4. The Morgan fingerprint density at radius 3 is 1.33 bits per heavy atom. The van der Waals surface area contributed by atoms with Crippen LogP contribution < -0.4 is 13.7 Å². The second-order valence-corrected chi connectivity index (χ2v) is 30.9. The zero-order chi connectivity index (χ0) is 41.7. The Labute approximate surface area is 371 Å². The average Bonchev–Trinajstić information content (AvgIpc) is 3.89. The summed E-state index contributed by atoms with van der Waals surface area (Å²) in [7, 11) is -0.632. The van der Waals surface area contributed by atoms with Crippen molar-refractivity contribution < 1.29 is 21.4 Å². The van der Waals surface area contributed by atoms with E-state index in [0.29, 0.717) is 31.0 Å². The maximum atomic E-state index is 2.72. The molecule has 0 saturated carbocycles. The summed E-state index contributed by atoms with van der Waals surface area (Å²) in [6.07, 6.45) is 9.95. The number of fused-ring (bicyclic) bond motifs is 5. The molecular formula is C58H63HfSi. The molecule has 1 aliphatic heterocycles. The summed E-state index contributed by atoms with van der Waals surface area (Å²) in [6, 6.07) is 50.4. The van der Waals surface area contributed by atoms with Gasteiger partial charge in [-0.2, -0.15) is 0 Å². The van der Waals surface area contributed by atoms with E-state index in [1.165, 1.54) is 50.1 Å². The third-order valence-electron chi connectivity index (χ3n) is 13.2. The van der Waals surface area contributed by atoms with Crippen LogP contribution in [0.5, 0.6) is 0 Å². The van der Waals surface area contributed by atoms with Crippen LogP contribution in [0, 0.1) is 23.7 Å². The first kappa shape index (κ1) is 41.3. The van der Waals surface area contributed by atoms with Crippen LogP contribution in [-0.2, 0) is 34.3 Å². The zero-order valence-electron chi connectivity index (χ0n) is 37.3. The van der Waals surface area contributed by atoms with Gasteiger partial charge in [0.1, 0.15) is 0 Å². The molecule has 0 N–H and O–H groups in total. The van der Waals surface area contributed by atoms with Crippen molar-refractivity contribution in [3.63, 3.8) is 0 Å². The number of hydrogen-bond donors (Lipinski definition) is 0. The molecule has 0 saturated heterocycles. The van der Waals surface area contributed by atoms with Crippen molar-refractivity contribution in [1.82, 2.24) is 0 Å². The molecule has 0 fully saturated rings. The summed E-state index contributed by atoms with van der Waals surface area (Å²) < 4.78 is 2.78. The van der Waals surface area contributed by atoms with E-state index in [1.54, 1.807) is 38.2 Å². The van der Waals surface area contributed by atoms with E-state index in [2.05, 4.69) is 195 Å².